The Kier molecular flexibility index (Phi) is 6.25. The van der Waals surface area contributed by atoms with E-state index in [1.165, 1.54) is 38.9 Å². The Labute approximate surface area is 80.9 Å². The van der Waals surface area contributed by atoms with E-state index in [4.69, 9.17) is 0 Å². The Balaban J connectivity index is 0.000001000. The van der Waals surface area contributed by atoms with Gasteiger partial charge in [0.1, 0.15) is 0 Å². The van der Waals surface area contributed by atoms with Crippen LogP contribution in [0.15, 0.2) is 0 Å². The summed E-state index contributed by atoms with van der Waals surface area (Å²) in [7, 11) is 0. The van der Waals surface area contributed by atoms with E-state index in [-0.39, 0.29) is 17.0 Å². The highest BCUT2D eigenvalue weighted by Crippen LogP contribution is 1.95. The molecule has 1 N–H and O–H groups in total. The highest BCUT2D eigenvalue weighted by atomic mass is 79.9. The maximum atomic E-state index is 2.32. The lowest BCUT2D eigenvalue weighted by atomic mass is 10.1. The quantitative estimate of drug-likeness (QED) is 0.537. The molecular weight excluding hydrogens is 202 g/mol. The van der Waals surface area contributed by atoms with Crippen molar-refractivity contribution in [3.8, 4) is 0 Å². The van der Waals surface area contributed by atoms with Crippen molar-refractivity contribution in [1.29, 1.82) is 0 Å². The van der Waals surface area contributed by atoms with Gasteiger partial charge in [0.15, 0.2) is 0 Å². The Hall–Kier alpha value is 0.440. The molecule has 0 bridgehead atoms. The first-order valence-electron chi connectivity index (χ1n) is 4.62. The number of likely N-dealkylation sites (tertiary alicyclic amines) is 1. The van der Waals surface area contributed by atoms with Gasteiger partial charge in [-0.25, -0.2) is 0 Å². The van der Waals surface area contributed by atoms with E-state index in [1.54, 1.807) is 0 Å². The van der Waals surface area contributed by atoms with Crippen LogP contribution >= 0.6 is 0 Å². The SMILES string of the molecule is CC(C)C[NH+]1CCCCC1.[Br-]. The van der Waals surface area contributed by atoms with Crippen LogP contribution in [0.1, 0.15) is 33.1 Å². The Bertz CT molecular complexity index is 87.6. The predicted octanol–water partition coefficient (Wildman–Crippen LogP) is -2.28. The molecule has 0 saturated carbocycles. The molecule has 0 spiro atoms. The van der Waals surface area contributed by atoms with Gasteiger partial charge in [-0.05, 0) is 19.3 Å². The molecule has 1 nitrogen and oxygen atoms in total. The molecule has 0 aromatic heterocycles. The van der Waals surface area contributed by atoms with Crippen molar-refractivity contribution >= 4 is 0 Å². The van der Waals surface area contributed by atoms with Crippen LogP contribution in [-0.2, 0) is 0 Å². The lowest BCUT2D eigenvalue weighted by Crippen LogP contribution is -3.13. The molecule has 0 atom stereocenters. The molecule has 1 aliphatic heterocycles. The average molecular weight is 222 g/mol. The molecule has 0 aromatic rings. The van der Waals surface area contributed by atoms with Crippen molar-refractivity contribution < 1.29 is 21.9 Å². The van der Waals surface area contributed by atoms with Gasteiger partial charge in [-0.3, -0.25) is 0 Å². The van der Waals surface area contributed by atoms with Gasteiger partial charge in [0.05, 0.1) is 19.6 Å². The number of halogens is 1. The summed E-state index contributed by atoms with van der Waals surface area (Å²) >= 11 is 0. The van der Waals surface area contributed by atoms with E-state index >= 15 is 0 Å². The zero-order valence-electron chi connectivity index (χ0n) is 7.70. The smallest absolute Gasteiger partial charge is 0.0794 e. The summed E-state index contributed by atoms with van der Waals surface area (Å²) in [5.74, 6) is 0.882. The van der Waals surface area contributed by atoms with Gasteiger partial charge in [0.25, 0.3) is 0 Å². The average Bonchev–Trinajstić information content (AvgIpc) is 1.88. The largest absolute Gasteiger partial charge is 1.00 e. The van der Waals surface area contributed by atoms with Gasteiger partial charge in [-0.2, -0.15) is 0 Å². The summed E-state index contributed by atoms with van der Waals surface area (Å²) in [5, 5.41) is 0. The third-order valence-corrected chi connectivity index (χ3v) is 2.26. The fourth-order valence-corrected chi connectivity index (χ4v) is 1.83. The van der Waals surface area contributed by atoms with Crippen LogP contribution in [0, 0.1) is 5.92 Å². The molecule has 0 aromatic carbocycles. The first-order valence-corrected chi connectivity index (χ1v) is 4.62. The number of hydrogen-bond donors (Lipinski definition) is 1. The zero-order chi connectivity index (χ0) is 7.40. The number of piperidine rings is 1. The number of quaternary nitrogens is 1. The summed E-state index contributed by atoms with van der Waals surface area (Å²) in [5.41, 5.74) is 0. The van der Waals surface area contributed by atoms with Crippen LogP contribution < -0.4 is 21.9 Å². The standard InChI is InChI=1S/C9H19N.BrH/c1-9(2)8-10-6-4-3-5-7-10;/h9H,3-8H2,1-2H3;1H. The highest BCUT2D eigenvalue weighted by molar-refractivity contribution is 4.47. The summed E-state index contributed by atoms with van der Waals surface area (Å²) in [6.45, 7) is 8.89. The first-order chi connectivity index (χ1) is 4.79. The normalized spacial score (nSPS) is 19.9. The van der Waals surface area contributed by atoms with Crippen LogP contribution in [0.25, 0.3) is 0 Å². The molecule has 68 valence electrons. The second-order valence-corrected chi connectivity index (χ2v) is 3.91. The molecule has 1 aliphatic rings. The fraction of sp³-hybridized carbons (Fsp3) is 1.00. The minimum Gasteiger partial charge on any atom is -1.00 e. The van der Waals surface area contributed by atoms with E-state index in [2.05, 4.69) is 13.8 Å². The second-order valence-electron chi connectivity index (χ2n) is 3.91. The van der Waals surface area contributed by atoms with Gasteiger partial charge in [0, 0.05) is 5.92 Å². The summed E-state index contributed by atoms with van der Waals surface area (Å²) in [6, 6.07) is 0. The van der Waals surface area contributed by atoms with E-state index < -0.39 is 0 Å². The van der Waals surface area contributed by atoms with Gasteiger partial charge in [-0.1, -0.05) is 13.8 Å². The highest BCUT2D eigenvalue weighted by Gasteiger charge is 2.13. The fourth-order valence-electron chi connectivity index (χ4n) is 1.83. The number of rotatable bonds is 2. The molecule has 11 heavy (non-hydrogen) atoms. The monoisotopic (exact) mass is 221 g/mol. The lowest BCUT2D eigenvalue weighted by molar-refractivity contribution is -0.907. The minimum absolute atomic E-state index is 0. The molecular formula is C9H20BrN. The van der Waals surface area contributed by atoms with Crippen molar-refractivity contribution in [3.05, 3.63) is 0 Å². The topological polar surface area (TPSA) is 4.44 Å². The van der Waals surface area contributed by atoms with E-state index in [0.29, 0.717) is 0 Å². The lowest BCUT2D eigenvalue weighted by Gasteiger charge is -2.24. The maximum absolute atomic E-state index is 2.32. The number of hydrogen-bond acceptors (Lipinski definition) is 0. The second kappa shape index (κ2) is 6.01. The van der Waals surface area contributed by atoms with Crippen molar-refractivity contribution in [2.45, 2.75) is 33.1 Å². The minimum atomic E-state index is 0. The summed E-state index contributed by atoms with van der Waals surface area (Å²) < 4.78 is 0. The van der Waals surface area contributed by atoms with Gasteiger partial charge in [-0.15, -0.1) is 0 Å². The Morgan fingerprint density at radius 3 is 2.09 bits per heavy atom. The molecule has 0 radical (unpaired) electrons. The summed E-state index contributed by atoms with van der Waals surface area (Å²) in [6.07, 6.45) is 4.39. The maximum Gasteiger partial charge on any atom is 0.0794 e. The molecule has 0 unspecified atom stereocenters. The van der Waals surface area contributed by atoms with Gasteiger partial charge < -0.3 is 21.9 Å². The van der Waals surface area contributed by atoms with Crippen molar-refractivity contribution in [2.75, 3.05) is 19.6 Å². The molecule has 0 aliphatic carbocycles. The summed E-state index contributed by atoms with van der Waals surface area (Å²) in [4.78, 5) is 1.83. The molecule has 1 saturated heterocycles. The van der Waals surface area contributed by atoms with Gasteiger partial charge >= 0.3 is 0 Å². The zero-order valence-corrected chi connectivity index (χ0v) is 9.28. The Morgan fingerprint density at radius 1 is 1.09 bits per heavy atom. The third kappa shape index (κ3) is 4.81. The molecule has 1 heterocycles. The van der Waals surface area contributed by atoms with Crippen molar-refractivity contribution in [2.24, 2.45) is 5.92 Å². The molecule has 1 rings (SSSR count). The van der Waals surface area contributed by atoms with E-state index in [9.17, 15) is 0 Å². The van der Waals surface area contributed by atoms with Crippen LogP contribution in [0.3, 0.4) is 0 Å². The number of nitrogens with one attached hydrogen (secondary N) is 1. The third-order valence-electron chi connectivity index (χ3n) is 2.26. The molecule has 2 heteroatoms. The predicted molar refractivity (Wildman–Crippen MR) is 44.3 cm³/mol. The molecule has 1 fully saturated rings. The first kappa shape index (κ1) is 11.4. The van der Waals surface area contributed by atoms with Gasteiger partial charge in [0.2, 0.25) is 0 Å². The van der Waals surface area contributed by atoms with Crippen LogP contribution in [-0.4, -0.2) is 19.6 Å². The van der Waals surface area contributed by atoms with E-state index in [0.717, 1.165) is 5.92 Å². The molecule has 0 amide bonds. The van der Waals surface area contributed by atoms with Crippen LogP contribution in [0.5, 0.6) is 0 Å². The van der Waals surface area contributed by atoms with Crippen molar-refractivity contribution in [1.82, 2.24) is 0 Å². The van der Waals surface area contributed by atoms with Crippen LogP contribution in [0.4, 0.5) is 0 Å². The van der Waals surface area contributed by atoms with Crippen LogP contribution in [0.2, 0.25) is 0 Å². The van der Waals surface area contributed by atoms with E-state index in [1.807, 2.05) is 4.90 Å². The Morgan fingerprint density at radius 2 is 1.64 bits per heavy atom. The van der Waals surface area contributed by atoms with Crippen molar-refractivity contribution in [3.63, 3.8) is 0 Å².